The number of aromatic nitrogens is 2. The van der Waals surface area contributed by atoms with Crippen molar-refractivity contribution >= 4 is 22.9 Å². The number of nitrogens with two attached hydrogens (primary N) is 1. The molecule has 144 valence electrons. The molecule has 3 N–H and O–H groups in total. The van der Waals surface area contributed by atoms with Crippen LogP contribution < -0.4 is 11.1 Å². The maximum atomic E-state index is 14.2. The van der Waals surface area contributed by atoms with E-state index < -0.39 is 0 Å². The van der Waals surface area contributed by atoms with Gasteiger partial charge in [-0.2, -0.15) is 5.26 Å². The summed E-state index contributed by atoms with van der Waals surface area (Å²) in [6, 6.07) is 5.12. The summed E-state index contributed by atoms with van der Waals surface area (Å²) in [7, 11) is 0. The lowest BCUT2D eigenvalue weighted by molar-refractivity contribution is 0.237. The number of nitrogens with zero attached hydrogens (tertiary/aromatic N) is 4. The molecule has 0 unspecified atom stereocenters. The predicted molar refractivity (Wildman–Crippen MR) is 109 cm³/mol. The molecule has 8 heteroatoms. The topological polar surface area (TPSA) is 100.0 Å². The fourth-order valence-electron chi connectivity index (χ4n) is 3.09. The fourth-order valence-corrected chi connectivity index (χ4v) is 3.95. The number of hydrogen-bond acceptors (Lipinski definition) is 5. The third-order valence-electron chi connectivity index (χ3n) is 4.77. The lowest BCUT2D eigenvalue weighted by Crippen LogP contribution is -2.40. The molecule has 0 radical (unpaired) electrons. The molecular weight excluding hydrogens is 375 g/mol. The van der Waals surface area contributed by atoms with Crippen LogP contribution in [0.25, 0.3) is 5.57 Å². The Kier molecular flexibility index (Phi) is 6.16. The molecule has 0 spiro atoms. The van der Waals surface area contributed by atoms with Crippen molar-refractivity contribution in [2.45, 2.75) is 31.1 Å². The first-order valence-corrected chi connectivity index (χ1v) is 9.72. The van der Waals surface area contributed by atoms with Crippen LogP contribution >= 0.6 is 11.3 Å². The minimum atomic E-state index is -0.385. The van der Waals surface area contributed by atoms with Gasteiger partial charge in [-0.3, -0.25) is 9.98 Å². The monoisotopic (exact) mass is 396 g/mol. The van der Waals surface area contributed by atoms with E-state index in [-0.39, 0.29) is 17.2 Å². The zero-order valence-corrected chi connectivity index (χ0v) is 16.2. The van der Waals surface area contributed by atoms with E-state index >= 15 is 0 Å². The maximum Gasteiger partial charge on any atom is 0.192 e. The Morgan fingerprint density at radius 2 is 2.32 bits per heavy atom. The van der Waals surface area contributed by atoms with E-state index in [0.717, 1.165) is 34.7 Å². The Hall–Kier alpha value is -3.05. The van der Waals surface area contributed by atoms with Gasteiger partial charge in [0.25, 0.3) is 0 Å². The Morgan fingerprint density at radius 1 is 1.50 bits per heavy atom. The highest BCUT2D eigenvalue weighted by Crippen LogP contribution is 2.43. The Bertz CT molecular complexity index is 952. The number of guanidine groups is 1. The Balaban J connectivity index is 1.69. The summed E-state index contributed by atoms with van der Waals surface area (Å²) in [5.74, 6) is -0.0644. The molecule has 1 aliphatic carbocycles. The van der Waals surface area contributed by atoms with Crippen molar-refractivity contribution in [2.75, 3.05) is 6.54 Å². The van der Waals surface area contributed by atoms with Crippen molar-refractivity contribution in [3.05, 3.63) is 64.8 Å². The van der Waals surface area contributed by atoms with Crippen LogP contribution in [0.2, 0.25) is 0 Å². The summed E-state index contributed by atoms with van der Waals surface area (Å²) >= 11 is 1.43. The molecule has 0 aliphatic heterocycles. The fraction of sp³-hybridized carbons (Fsp3) is 0.300. The maximum absolute atomic E-state index is 14.2. The van der Waals surface area contributed by atoms with E-state index in [4.69, 9.17) is 11.0 Å². The van der Waals surface area contributed by atoms with Gasteiger partial charge >= 0.3 is 0 Å². The van der Waals surface area contributed by atoms with Crippen molar-refractivity contribution < 1.29 is 4.39 Å². The third kappa shape index (κ3) is 4.26. The van der Waals surface area contributed by atoms with Gasteiger partial charge in [-0.1, -0.05) is 19.1 Å². The van der Waals surface area contributed by atoms with E-state index in [1.54, 1.807) is 30.7 Å². The summed E-state index contributed by atoms with van der Waals surface area (Å²) in [6.45, 7) is 4.17. The molecule has 28 heavy (non-hydrogen) atoms. The van der Waals surface area contributed by atoms with Crippen molar-refractivity contribution in [2.24, 2.45) is 10.7 Å². The highest BCUT2D eigenvalue weighted by molar-refractivity contribution is 7.12. The molecular formula is C20H21FN6S. The first-order valence-electron chi connectivity index (χ1n) is 8.90. The largest absolute Gasteiger partial charge is 0.370 e. The van der Waals surface area contributed by atoms with Crippen molar-refractivity contribution in [1.29, 1.82) is 5.26 Å². The van der Waals surface area contributed by atoms with Crippen LogP contribution in [0.1, 0.15) is 34.8 Å². The van der Waals surface area contributed by atoms with Gasteiger partial charge in [-0.15, -0.1) is 11.3 Å². The van der Waals surface area contributed by atoms with Crippen LogP contribution in [-0.4, -0.2) is 22.5 Å². The highest BCUT2D eigenvalue weighted by atomic mass is 32.1. The number of nitrogens with one attached hydrogen (secondary N) is 1. The van der Waals surface area contributed by atoms with Gasteiger partial charge < -0.3 is 11.1 Å². The molecule has 0 saturated heterocycles. The predicted octanol–water partition coefficient (Wildman–Crippen LogP) is 3.30. The molecule has 2 aromatic rings. The smallest absolute Gasteiger partial charge is 0.192 e. The van der Waals surface area contributed by atoms with Gasteiger partial charge in [-0.05, 0) is 25.0 Å². The molecule has 2 aromatic heterocycles. The number of allylic oxidation sites excluding steroid dienone is 2. The lowest BCUT2D eigenvalue weighted by Gasteiger charge is -2.40. The second-order valence-corrected chi connectivity index (χ2v) is 7.70. The quantitative estimate of drug-likeness (QED) is 0.425. The summed E-state index contributed by atoms with van der Waals surface area (Å²) in [6.07, 6.45) is 9.65. The molecule has 2 heterocycles. The number of aliphatic imine (C=N–C) groups is 1. The van der Waals surface area contributed by atoms with Gasteiger partial charge in [0.1, 0.15) is 10.8 Å². The number of nitriles is 1. The van der Waals surface area contributed by atoms with Crippen molar-refractivity contribution in [1.82, 2.24) is 15.3 Å². The van der Waals surface area contributed by atoms with E-state index in [1.807, 2.05) is 0 Å². The van der Waals surface area contributed by atoms with Crippen LogP contribution in [-0.2, 0) is 11.8 Å². The molecule has 3 rings (SSSR count). The highest BCUT2D eigenvalue weighted by Gasteiger charge is 2.41. The summed E-state index contributed by atoms with van der Waals surface area (Å²) in [5, 5.41) is 12.5. The molecule has 0 amide bonds. The van der Waals surface area contributed by atoms with E-state index in [9.17, 15) is 4.39 Å². The number of thiazole rings is 1. The van der Waals surface area contributed by atoms with Crippen molar-refractivity contribution in [3.8, 4) is 6.07 Å². The number of rotatable bonds is 7. The van der Waals surface area contributed by atoms with Crippen LogP contribution in [0.4, 0.5) is 4.39 Å². The van der Waals surface area contributed by atoms with E-state index in [1.165, 1.54) is 17.4 Å². The molecule has 1 aliphatic rings. The number of pyridine rings is 1. The third-order valence-corrected chi connectivity index (χ3v) is 5.82. The van der Waals surface area contributed by atoms with Gasteiger partial charge in [0.05, 0.1) is 24.7 Å². The standard InChI is InChI=1S/C20H21FN6S/c1-2-14(18-25-12-15(28-18)6-9-22)11-26-19(23)27-13-20(7-4-8-20)17-16(21)5-3-10-24-17/h2-3,5,10-12H,1,4,6-8,13H2,(H3,23,26,27)/b14-11+. The number of halogens is 1. The Morgan fingerprint density at radius 3 is 2.96 bits per heavy atom. The van der Waals surface area contributed by atoms with Gasteiger partial charge in [0, 0.05) is 34.5 Å². The zero-order chi connectivity index (χ0) is 20.0. The summed E-state index contributed by atoms with van der Waals surface area (Å²) in [4.78, 5) is 13.8. The van der Waals surface area contributed by atoms with E-state index in [0.29, 0.717) is 18.7 Å². The lowest BCUT2D eigenvalue weighted by atomic mass is 9.66. The van der Waals surface area contributed by atoms with Gasteiger partial charge in [0.2, 0.25) is 0 Å². The summed E-state index contributed by atoms with van der Waals surface area (Å²) in [5.41, 5.74) is 6.83. The zero-order valence-electron chi connectivity index (χ0n) is 15.4. The SMILES string of the molecule is C=C/C(=C\NC(N)=NCC1(c2ncccc2F)CCC1)c1ncc(CC#N)s1. The van der Waals surface area contributed by atoms with Crippen LogP contribution in [0.5, 0.6) is 0 Å². The van der Waals surface area contributed by atoms with Crippen LogP contribution in [0.3, 0.4) is 0 Å². The van der Waals surface area contributed by atoms with Gasteiger partial charge in [-0.25, -0.2) is 9.37 Å². The molecule has 0 atom stereocenters. The molecule has 6 nitrogen and oxygen atoms in total. The minimum absolute atomic E-state index is 0.232. The first-order chi connectivity index (χ1) is 13.6. The second kappa shape index (κ2) is 8.76. The first kappa shape index (κ1) is 19.7. The molecule has 1 fully saturated rings. The Labute approximate surface area is 167 Å². The number of hydrogen-bond donors (Lipinski definition) is 2. The molecule has 1 saturated carbocycles. The van der Waals surface area contributed by atoms with Crippen LogP contribution in [0, 0.1) is 17.1 Å². The van der Waals surface area contributed by atoms with Crippen LogP contribution in [0.15, 0.2) is 48.4 Å². The minimum Gasteiger partial charge on any atom is -0.370 e. The van der Waals surface area contributed by atoms with Crippen molar-refractivity contribution in [3.63, 3.8) is 0 Å². The average Bonchev–Trinajstić information content (AvgIpc) is 3.11. The summed E-state index contributed by atoms with van der Waals surface area (Å²) < 4.78 is 14.2. The average molecular weight is 396 g/mol. The normalized spacial score (nSPS) is 16.1. The van der Waals surface area contributed by atoms with Gasteiger partial charge in [0.15, 0.2) is 5.96 Å². The van der Waals surface area contributed by atoms with E-state index in [2.05, 4.69) is 32.9 Å². The molecule has 0 aromatic carbocycles. The molecule has 0 bridgehead atoms. The second-order valence-electron chi connectivity index (χ2n) is 6.58.